The van der Waals surface area contributed by atoms with Crippen molar-refractivity contribution in [2.24, 2.45) is 5.73 Å². The van der Waals surface area contributed by atoms with Gasteiger partial charge in [-0.25, -0.2) is 0 Å². The largest absolute Gasteiger partial charge is 0.324 e. The average Bonchev–Trinajstić information content (AvgIpc) is 1.89. The Morgan fingerprint density at radius 1 is 1.56 bits per heavy atom. The van der Waals surface area contributed by atoms with E-state index >= 15 is 0 Å². The molecule has 1 atom stereocenters. The number of allylic oxidation sites excluding steroid dienone is 1. The monoisotopic (exact) mass is 125 g/mol. The zero-order valence-corrected chi connectivity index (χ0v) is 6.01. The third kappa shape index (κ3) is 5.31. The molecule has 1 nitrogen and oxygen atoms in total. The Hall–Kier alpha value is -0.560. The molecule has 0 rings (SSSR count). The van der Waals surface area contributed by atoms with Gasteiger partial charge in [0, 0.05) is 6.04 Å². The molecule has 0 aliphatic carbocycles. The van der Waals surface area contributed by atoms with E-state index in [9.17, 15) is 0 Å². The summed E-state index contributed by atoms with van der Waals surface area (Å²) in [6, 6.07) is 0.132. The molecule has 52 valence electrons. The molecule has 0 aromatic carbocycles. The van der Waals surface area contributed by atoms with Crippen LogP contribution >= 0.6 is 0 Å². The van der Waals surface area contributed by atoms with E-state index in [-0.39, 0.29) is 6.04 Å². The number of hydrogen-bond acceptors (Lipinski definition) is 1. The van der Waals surface area contributed by atoms with Gasteiger partial charge in [-0.3, -0.25) is 0 Å². The van der Waals surface area contributed by atoms with Crippen LogP contribution in [-0.4, -0.2) is 6.04 Å². The van der Waals surface area contributed by atoms with Crippen molar-refractivity contribution >= 4 is 0 Å². The van der Waals surface area contributed by atoms with Crippen molar-refractivity contribution in [3.05, 3.63) is 24.8 Å². The van der Waals surface area contributed by atoms with Crippen LogP contribution in [0.5, 0.6) is 0 Å². The van der Waals surface area contributed by atoms with Crippen LogP contribution in [0.25, 0.3) is 0 Å². The van der Waals surface area contributed by atoms with E-state index in [0.717, 1.165) is 12.8 Å². The highest BCUT2D eigenvalue weighted by atomic mass is 14.6. The molecule has 2 N–H and O–H groups in total. The quantitative estimate of drug-likeness (QED) is 0.570. The van der Waals surface area contributed by atoms with E-state index in [1.165, 1.54) is 0 Å². The fraction of sp³-hybridized carbons (Fsp3) is 0.500. The molecule has 1 unspecified atom stereocenters. The molecule has 0 fully saturated rings. The highest BCUT2D eigenvalue weighted by molar-refractivity contribution is 4.91. The summed E-state index contributed by atoms with van der Waals surface area (Å²) in [4.78, 5) is 0. The van der Waals surface area contributed by atoms with Crippen molar-refractivity contribution in [2.75, 3.05) is 0 Å². The Labute approximate surface area is 57.3 Å². The number of rotatable bonds is 4. The van der Waals surface area contributed by atoms with Gasteiger partial charge in [0.05, 0.1) is 0 Å². The molecule has 0 saturated heterocycles. The van der Waals surface area contributed by atoms with Gasteiger partial charge in [0.1, 0.15) is 0 Å². The third-order valence-corrected chi connectivity index (χ3v) is 1.11. The molecule has 0 aliphatic heterocycles. The summed E-state index contributed by atoms with van der Waals surface area (Å²) in [7, 11) is 0. The average molecular weight is 125 g/mol. The maximum Gasteiger partial charge on any atom is 0.0256 e. The van der Waals surface area contributed by atoms with Crippen molar-refractivity contribution in [1.82, 2.24) is 0 Å². The minimum Gasteiger partial charge on any atom is -0.324 e. The standard InChI is InChI=1S/C8H15N/c1-3-5-6-7-8(9)4-2/h4-6,8H,2-3,7,9H2,1H3/b6-5+. The molecule has 0 aromatic heterocycles. The molecule has 0 spiro atoms. The maximum absolute atomic E-state index is 5.54. The lowest BCUT2D eigenvalue weighted by Crippen LogP contribution is -2.14. The van der Waals surface area contributed by atoms with Gasteiger partial charge in [-0.1, -0.05) is 25.2 Å². The highest BCUT2D eigenvalue weighted by Crippen LogP contribution is 1.91. The van der Waals surface area contributed by atoms with Gasteiger partial charge in [0.25, 0.3) is 0 Å². The zero-order valence-electron chi connectivity index (χ0n) is 6.01. The lowest BCUT2D eigenvalue weighted by molar-refractivity contribution is 0.833. The van der Waals surface area contributed by atoms with Gasteiger partial charge in [0.15, 0.2) is 0 Å². The summed E-state index contributed by atoms with van der Waals surface area (Å²) in [5.74, 6) is 0. The Balaban J connectivity index is 3.25. The minimum atomic E-state index is 0.132. The molecule has 0 heterocycles. The topological polar surface area (TPSA) is 26.0 Å². The molecule has 0 amide bonds. The minimum absolute atomic E-state index is 0.132. The first kappa shape index (κ1) is 8.44. The van der Waals surface area contributed by atoms with Crippen LogP contribution in [0.2, 0.25) is 0 Å². The molecule has 0 radical (unpaired) electrons. The fourth-order valence-corrected chi connectivity index (χ4v) is 0.516. The van der Waals surface area contributed by atoms with Gasteiger partial charge in [-0.2, -0.15) is 0 Å². The second-order valence-corrected chi connectivity index (χ2v) is 2.01. The molecule has 1 heteroatoms. The third-order valence-electron chi connectivity index (χ3n) is 1.11. The number of hydrogen-bond donors (Lipinski definition) is 1. The van der Waals surface area contributed by atoms with Gasteiger partial charge in [0.2, 0.25) is 0 Å². The van der Waals surface area contributed by atoms with Crippen molar-refractivity contribution in [2.45, 2.75) is 25.8 Å². The molecule has 0 bridgehead atoms. The van der Waals surface area contributed by atoms with Gasteiger partial charge >= 0.3 is 0 Å². The smallest absolute Gasteiger partial charge is 0.0256 e. The summed E-state index contributed by atoms with van der Waals surface area (Å²) in [6.45, 7) is 5.69. The summed E-state index contributed by atoms with van der Waals surface area (Å²) < 4.78 is 0. The van der Waals surface area contributed by atoms with Gasteiger partial charge in [-0.15, -0.1) is 6.58 Å². The van der Waals surface area contributed by atoms with Crippen LogP contribution < -0.4 is 5.73 Å². The first-order valence-electron chi connectivity index (χ1n) is 3.34. The molecular weight excluding hydrogens is 110 g/mol. The van der Waals surface area contributed by atoms with E-state index in [1.54, 1.807) is 6.08 Å². The Kier molecular flexibility index (Phi) is 5.23. The van der Waals surface area contributed by atoms with Gasteiger partial charge < -0.3 is 5.73 Å². The first-order chi connectivity index (χ1) is 4.31. The van der Waals surface area contributed by atoms with E-state index in [0.29, 0.717) is 0 Å². The molecule has 0 aromatic rings. The molecular formula is C8H15N. The van der Waals surface area contributed by atoms with Crippen molar-refractivity contribution in [1.29, 1.82) is 0 Å². The zero-order chi connectivity index (χ0) is 7.11. The van der Waals surface area contributed by atoms with Crippen LogP contribution in [0.1, 0.15) is 19.8 Å². The van der Waals surface area contributed by atoms with Gasteiger partial charge in [-0.05, 0) is 12.8 Å². The summed E-state index contributed by atoms with van der Waals surface area (Å²) in [5.41, 5.74) is 5.54. The van der Waals surface area contributed by atoms with Crippen LogP contribution in [-0.2, 0) is 0 Å². The number of nitrogens with two attached hydrogens (primary N) is 1. The van der Waals surface area contributed by atoms with Crippen molar-refractivity contribution in [3.63, 3.8) is 0 Å². The van der Waals surface area contributed by atoms with Crippen LogP contribution in [0.15, 0.2) is 24.8 Å². The summed E-state index contributed by atoms with van der Waals surface area (Å²) >= 11 is 0. The normalized spacial score (nSPS) is 14.0. The van der Waals surface area contributed by atoms with E-state index < -0.39 is 0 Å². The van der Waals surface area contributed by atoms with E-state index in [2.05, 4.69) is 25.7 Å². The maximum atomic E-state index is 5.54. The summed E-state index contributed by atoms with van der Waals surface area (Å²) in [5, 5.41) is 0. The van der Waals surface area contributed by atoms with Crippen LogP contribution in [0, 0.1) is 0 Å². The van der Waals surface area contributed by atoms with Crippen molar-refractivity contribution < 1.29 is 0 Å². The molecule has 9 heavy (non-hydrogen) atoms. The summed E-state index contributed by atoms with van der Waals surface area (Å²) in [6.07, 6.45) is 7.97. The fourth-order valence-electron chi connectivity index (χ4n) is 0.516. The predicted molar refractivity (Wildman–Crippen MR) is 42.2 cm³/mol. The Morgan fingerprint density at radius 3 is 2.67 bits per heavy atom. The lowest BCUT2D eigenvalue weighted by Gasteiger charge is -1.97. The predicted octanol–water partition coefficient (Wildman–Crippen LogP) is 1.86. The van der Waals surface area contributed by atoms with Crippen molar-refractivity contribution in [3.8, 4) is 0 Å². The highest BCUT2D eigenvalue weighted by Gasteiger charge is 1.88. The van der Waals surface area contributed by atoms with Crippen LogP contribution in [0.4, 0.5) is 0 Å². The first-order valence-corrected chi connectivity index (χ1v) is 3.34. The van der Waals surface area contributed by atoms with Crippen LogP contribution in [0.3, 0.4) is 0 Å². The second kappa shape index (κ2) is 5.57. The van der Waals surface area contributed by atoms with E-state index in [1.807, 2.05) is 0 Å². The molecule has 0 aliphatic rings. The Morgan fingerprint density at radius 2 is 2.22 bits per heavy atom. The lowest BCUT2D eigenvalue weighted by atomic mass is 10.2. The Bertz CT molecular complexity index is 94.7. The molecule has 0 saturated carbocycles. The van der Waals surface area contributed by atoms with E-state index in [4.69, 9.17) is 5.73 Å². The SMILES string of the molecule is C=CC(N)C/C=C/CC. The second-order valence-electron chi connectivity index (χ2n) is 2.01.